The maximum Gasteiger partial charge on any atom is 0.506 e. The van der Waals surface area contributed by atoms with Crippen molar-refractivity contribution in [3.05, 3.63) is 0 Å². The number of carbonyl (C=O) groups excluding carboxylic acids is 1. The largest absolute Gasteiger partial charge is 0.506 e. The number of aliphatic hydroxyl groups is 1. The minimum atomic E-state index is -1.37. The van der Waals surface area contributed by atoms with Gasteiger partial charge in [-0.3, -0.25) is 4.79 Å². The summed E-state index contributed by atoms with van der Waals surface area (Å²) in [6.07, 6.45) is 2.37. The molecule has 1 rings (SSSR count). The molecule has 0 aromatic carbocycles. The average molecular weight is 330 g/mol. The van der Waals surface area contributed by atoms with Crippen molar-refractivity contribution in [3.63, 3.8) is 0 Å². The molecule has 0 spiro atoms. The average Bonchev–Trinajstić information content (AvgIpc) is 2.71. The van der Waals surface area contributed by atoms with Gasteiger partial charge in [0.25, 0.3) is 0 Å². The molecule has 0 aromatic rings. The third kappa shape index (κ3) is 7.18. The van der Waals surface area contributed by atoms with Crippen LogP contribution in [0.4, 0.5) is 4.79 Å². The fourth-order valence-electron chi connectivity index (χ4n) is 3.21. The number of nitrogens with two attached hydrogens (primary N) is 1. The lowest BCUT2D eigenvalue weighted by Gasteiger charge is -2.20. The number of aliphatic hydroxyl groups excluding tert-OH is 1. The number of carbonyl (C=O) groups is 2. The molecule has 1 saturated carbocycles. The van der Waals surface area contributed by atoms with E-state index in [1.807, 2.05) is 0 Å². The molecule has 1 unspecified atom stereocenters. The van der Waals surface area contributed by atoms with Gasteiger partial charge >= 0.3 is 6.16 Å². The van der Waals surface area contributed by atoms with Gasteiger partial charge in [-0.2, -0.15) is 0 Å². The molecule has 134 valence electrons. The van der Waals surface area contributed by atoms with E-state index in [1.54, 1.807) is 0 Å². The Bertz CT molecular complexity index is 391. The number of rotatable bonds is 9. The summed E-state index contributed by atoms with van der Waals surface area (Å²) < 4.78 is 4.68. The highest BCUT2D eigenvalue weighted by atomic mass is 16.7. The number of nitrogens with one attached hydrogen (secondary N) is 1. The fraction of sp³-hybridized carbons (Fsp3) is 0.875. The summed E-state index contributed by atoms with van der Waals surface area (Å²) in [5.41, 5.74) is 5.99. The molecule has 0 radical (unpaired) electrons. The minimum absolute atomic E-state index is 0.000748. The highest BCUT2D eigenvalue weighted by Gasteiger charge is 2.42. The summed E-state index contributed by atoms with van der Waals surface area (Å²) in [5.74, 6) is 0.349. The van der Waals surface area contributed by atoms with Gasteiger partial charge in [0.1, 0.15) is 6.10 Å². The topological polar surface area (TPSA) is 122 Å². The van der Waals surface area contributed by atoms with E-state index in [0.29, 0.717) is 18.9 Å². The normalized spacial score (nSPS) is 28.3. The molecule has 0 bridgehead atoms. The van der Waals surface area contributed by atoms with Gasteiger partial charge in [0, 0.05) is 31.8 Å². The quantitative estimate of drug-likeness (QED) is 0.375. The third-order valence-electron chi connectivity index (χ3n) is 4.56. The zero-order chi connectivity index (χ0) is 17.4. The molecule has 23 heavy (non-hydrogen) atoms. The SMILES string of the molecule is CC(=O)NCC(C)CCCCC[C@H]1[C@@H](O)[C@H](OC(=O)O)C[C@H]1N. The summed E-state index contributed by atoms with van der Waals surface area (Å²) in [7, 11) is 0. The maximum absolute atomic E-state index is 10.8. The summed E-state index contributed by atoms with van der Waals surface area (Å²) in [4.78, 5) is 21.4. The first kappa shape index (κ1) is 19.7. The highest BCUT2D eigenvalue weighted by Crippen LogP contribution is 2.31. The lowest BCUT2D eigenvalue weighted by atomic mass is 9.93. The first-order valence-corrected chi connectivity index (χ1v) is 8.39. The van der Waals surface area contributed by atoms with Gasteiger partial charge in [0.05, 0.1) is 6.10 Å². The summed E-state index contributed by atoms with van der Waals surface area (Å²) >= 11 is 0. The van der Waals surface area contributed by atoms with Crippen LogP contribution in [0.2, 0.25) is 0 Å². The second-order valence-corrected chi connectivity index (χ2v) is 6.66. The Labute approximate surface area is 137 Å². The van der Waals surface area contributed by atoms with Crippen molar-refractivity contribution in [2.75, 3.05) is 6.54 Å². The Morgan fingerprint density at radius 3 is 2.65 bits per heavy atom. The van der Waals surface area contributed by atoms with Crippen LogP contribution in [0, 0.1) is 11.8 Å². The Hall–Kier alpha value is -1.34. The number of hydrogen-bond acceptors (Lipinski definition) is 5. The molecular formula is C16H30N2O5. The zero-order valence-electron chi connectivity index (χ0n) is 14.0. The van der Waals surface area contributed by atoms with E-state index in [-0.39, 0.29) is 17.9 Å². The van der Waals surface area contributed by atoms with Gasteiger partial charge in [0.15, 0.2) is 0 Å². The van der Waals surface area contributed by atoms with Gasteiger partial charge in [-0.25, -0.2) is 4.79 Å². The Kier molecular flexibility index (Phi) is 8.33. The molecule has 7 heteroatoms. The first-order chi connectivity index (χ1) is 10.8. The summed E-state index contributed by atoms with van der Waals surface area (Å²) in [6, 6.07) is -0.215. The van der Waals surface area contributed by atoms with Crippen LogP contribution in [0.25, 0.3) is 0 Å². The second kappa shape index (κ2) is 9.72. The van der Waals surface area contributed by atoms with Crippen molar-refractivity contribution >= 4 is 12.1 Å². The van der Waals surface area contributed by atoms with E-state index in [2.05, 4.69) is 17.0 Å². The molecule has 0 aliphatic heterocycles. The van der Waals surface area contributed by atoms with Crippen LogP contribution in [0.5, 0.6) is 0 Å². The van der Waals surface area contributed by atoms with Gasteiger partial charge in [-0.1, -0.05) is 26.2 Å². The lowest BCUT2D eigenvalue weighted by molar-refractivity contribution is -0.119. The maximum atomic E-state index is 10.8. The molecule has 5 N–H and O–H groups in total. The van der Waals surface area contributed by atoms with Gasteiger partial charge < -0.3 is 26.0 Å². The van der Waals surface area contributed by atoms with Crippen molar-refractivity contribution < 1.29 is 24.5 Å². The predicted octanol–water partition coefficient (Wildman–Crippen LogP) is 1.48. The molecule has 5 atom stereocenters. The standard InChI is InChI=1S/C16H30N2O5/c1-10(9-18-11(2)19)6-4-3-5-7-12-13(17)8-14(15(12)20)23-16(21)22/h10,12-15,20H,3-9,17H2,1-2H3,(H,18,19)(H,21,22)/t10?,12-,13-,14-,15-/m1/s1. The van der Waals surface area contributed by atoms with E-state index in [0.717, 1.165) is 32.1 Å². The van der Waals surface area contributed by atoms with E-state index < -0.39 is 18.4 Å². The number of amides is 1. The first-order valence-electron chi connectivity index (χ1n) is 8.39. The highest BCUT2D eigenvalue weighted by molar-refractivity contribution is 5.72. The van der Waals surface area contributed by atoms with Crippen molar-refractivity contribution in [3.8, 4) is 0 Å². The van der Waals surface area contributed by atoms with E-state index >= 15 is 0 Å². The van der Waals surface area contributed by atoms with Crippen LogP contribution in [0.15, 0.2) is 0 Å². The second-order valence-electron chi connectivity index (χ2n) is 6.66. The molecular weight excluding hydrogens is 300 g/mol. The molecule has 7 nitrogen and oxygen atoms in total. The van der Waals surface area contributed by atoms with Gasteiger partial charge in [-0.05, 0) is 18.8 Å². The van der Waals surface area contributed by atoms with Gasteiger partial charge in [0.2, 0.25) is 5.91 Å². The van der Waals surface area contributed by atoms with Crippen molar-refractivity contribution in [1.82, 2.24) is 5.32 Å². The van der Waals surface area contributed by atoms with E-state index in [4.69, 9.17) is 10.8 Å². The van der Waals surface area contributed by atoms with Crippen LogP contribution in [0.3, 0.4) is 0 Å². The Morgan fingerprint density at radius 1 is 1.35 bits per heavy atom. The summed E-state index contributed by atoms with van der Waals surface area (Å²) in [6.45, 7) is 4.33. The number of carboxylic acid groups (broad SMARTS) is 1. The van der Waals surface area contributed by atoms with Crippen LogP contribution in [0.1, 0.15) is 52.4 Å². The molecule has 1 fully saturated rings. The zero-order valence-corrected chi connectivity index (χ0v) is 14.0. The smallest absolute Gasteiger partial charge is 0.450 e. The number of hydrogen-bond donors (Lipinski definition) is 4. The predicted molar refractivity (Wildman–Crippen MR) is 85.9 cm³/mol. The van der Waals surface area contributed by atoms with Crippen LogP contribution in [-0.2, 0) is 9.53 Å². The molecule has 0 heterocycles. The van der Waals surface area contributed by atoms with Crippen LogP contribution >= 0.6 is 0 Å². The monoisotopic (exact) mass is 330 g/mol. The lowest BCUT2D eigenvalue weighted by Crippen LogP contribution is -2.32. The third-order valence-corrected chi connectivity index (χ3v) is 4.56. The van der Waals surface area contributed by atoms with E-state index in [1.165, 1.54) is 6.92 Å². The van der Waals surface area contributed by atoms with E-state index in [9.17, 15) is 14.7 Å². The minimum Gasteiger partial charge on any atom is -0.450 e. The molecule has 1 aliphatic carbocycles. The number of ether oxygens (including phenoxy) is 1. The Balaban J connectivity index is 2.17. The summed E-state index contributed by atoms with van der Waals surface area (Å²) in [5, 5.41) is 21.6. The fourth-order valence-corrected chi connectivity index (χ4v) is 3.21. The Morgan fingerprint density at radius 2 is 2.04 bits per heavy atom. The molecule has 1 amide bonds. The molecule has 0 aromatic heterocycles. The molecule has 0 saturated heterocycles. The van der Waals surface area contributed by atoms with Crippen molar-refractivity contribution in [2.45, 2.75) is 70.6 Å². The van der Waals surface area contributed by atoms with Crippen LogP contribution < -0.4 is 11.1 Å². The van der Waals surface area contributed by atoms with Gasteiger partial charge in [-0.15, -0.1) is 0 Å². The number of unbranched alkanes of at least 4 members (excludes halogenated alkanes) is 2. The van der Waals surface area contributed by atoms with Crippen LogP contribution in [-0.4, -0.2) is 47.1 Å². The van der Waals surface area contributed by atoms with Crippen molar-refractivity contribution in [1.29, 1.82) is 0 Å². The molecule has 1 aliphatic rings. The van der Waals surface area contributed by atoms with Crippen molar-refractivity contribution in [2.24, 2.45) is 17.6 Å².